The topological polar surface area (TPSA) is 33.1 Å². The van der Waals surface area contributed by atoms with Gasteiger partial charge in [0, 0.05) is 29.4 Å². The molecule has 0 saturated heterocycles. The van der Waals surface area contributed by atoms with E-state index in [0.717, 1.165) is 0 Å². The first kappa shape index (κ1) is 13.3. The maximum atomic E-state index is 13.6. The van der Waals surface area contributed by atoms with E-state index in [2.05, 4.69) is 4.98 Å². The van der Waals surface area contributed by atoms with Crippen LogP contribution in [0.1, 0.15) is 17.2 Å². The van der Waals surface area contributed by atoms with Gasteiger partial charge in [-0.2, -0.15) is 0 Å². The molecular formula is C13H10Cl2FNO. The third-order valence-electron chi connectivity index (χ3n) is 2.60. The van der Waals surface area contributed by atoms with Crippen LogP contribution in [0.25, 0.3) is 0 Å². The van der Waals surface area contributed by atoms with Crippen LogP contribution in [-0.2, 0) is 6.42 Å². The maximum absolute atomic E-state index is 13.6. The predicted octanol–water partition coefficient (Wildman–Crippen LogP) is 3.80. The number of hydrogen-bond donors (Lipinski definition) is 1. The fourth-order valence-corrected chi connectivity index (χ4v) is 2.19. The maximum Gasteiger partial charge on any atom is 0.130 e. The Morgan fingerprint density at radius 3 is 2.67 bits per heavy atom. The van der Waals surface area contributed by atoms with Crippen molar-refractivity contribution in [3.63, 3.8) is 0 Å². The van der Waals surface area contributed by atoms with Crippen molar-refractivity contribution >= 4 is 23.2 Å². The number of hydrogen-bond acceptors (Lipinski definition) is 2. The van der Waals surface area contributed by atoms with Crippen molar-refractivity contribution < 1.29 is 9.50 Å². The van der Waals surface area contributed by atoms with Crippen LogP contribution < -0.4 is 0 Å². The van der Waals surface area contributed by atoms with Crippen molar-refractivity contribution in [1.29, 1.82) is 0 Å². The normalized spacial score (nSPS) is 12.4. The molecule has 5 heteroatoms. The average Bonchev–Trinajstić information content (AvgIpc) is 2.32. The summed E-state index contributed by atoms with van der Waals surface area (Å²) in [6.07, 6.45) is 2.18. The molecule has 0 saturated carbocycles. The van der Waals surface area contributed by atoms with Gasteiger partial charge in [0.1, 0.15) is 5.82 Å². The molecule has 0 spiro atoms. The van der Waals surface area contributed by atoms with Gasteiger partial charge in [-0.1, -0.05) is 29.3 Å². The molecule has 0 aliphatic heterocycles. The molecule has 0 radical (unpaired) electrons. The quantitative estimate of drug-likeness (QED) is 0.930. The van der Waals surface area contributed by atoms with E-state index in [1.54, 1.807) is 12.3 Å². The van der Waals surface area contributed by atoms with Gasteiger partial charge in [-0.15, -0.1) is 0 Å². The zero-order chi connectivity index (χ0) is 13.1. The highest BCUT2D eigenvalue weighted by Crippen LogP contribution is 2.29. The molecule has 0 bridgehead atoms. The average molecular weight is 286 g/mol. The standard InChI is InChI=1S/C13H10Cl2FNO/c14-9-2-1-3-11(16)13(9)12(18)6-8-4-5-17-7-10(8)15/h1-5,7,12,18H,6H2. The summed E-state index contributed by atoms with van der Waals surface area (Å²) in [5, 5.41) is 10.7. The van der Waals surface area contributed by atoms with Gasteiger partial charge in [-0.05, 0) is 23.8 Å². The molecule has 1 unspecified atom stereocenters. The Balaban J connectivity index is 2.28. The van der Waals surface area contributed by atoms with Crippen LogP contribution in [0.5, 0.6) is 0 Å². The Hall–Kier alpha value is -1.16. The molecule has 0 fully saturated rings. The van der Waals surface area contributed by atoms with Crippen molar-refractivity contribution in [2.75, 3.05) is 0 Å². The molecule has 2 aromatic rings. The predicted molar refractivity (Wildman–Crippen MR) is 69.3 cm³/mol. The van der Waals surface area contributed by atoms with Crippen molar-refractivity contribution in [3.05, 3.63) is 63.6 Å². The van der Waals surface area contributed by atoms with Gasteiger partial charge in [0.15, 0.2) is 0 Å². The summed E-state index contributed by atoms with van der Waals surface area (Å²) in [6, 6.07) is 5.98. The summed E-state index contributed by atoms with van der Waals surface area (Å²) in [4.78, 5) is 3.85. The first-order chi connectivity index (χ1) is 8.59. The van der Waals surface area contributed by atoms with Crippen molar-refractivity contribution in [2.45, 2.75) is 12.5 Å². The van der Waals surface area contributed by atoms with E-state index in [-0.39, 0.29) is 17.0 Å². The molecule has 1 atom stereocenters. The number of nitrogens with zero attached hydrogens (tertiary/aromatic N) is 1. The van der Waals surface area contributed by atoms with E-state index in [4.69, 9.17) is 23.2 Å². The van der Waals surface area contributed by atoms with E-state index < -0.39 is 11.9 Å². The number of pyridine rings is 1. The lowest BCUT2D eigenvalue weighted by atomic mass is 10.0. The van der Waals surface area contributed by atoms with Gasteiger partial charge < -0.3 is 5.11 Å². The van der Waals surface area contributed by atoms with Crippen LogP contribution in [0.15, 0.2) is 36.7 Å². The first-order valence-corrected chi connectivity index (χ1v) is 6.05. The Labute approximate surface area is 114 Å². The zero-order valence-electron chi connectivity index (χ0n) is 9.28. The molecule has 1 aromatic heterocycles. The molecular weight excluding hydrogens is 276 g/mol. The molecule has 1 N–H and O–H groups in total. The van der Waals surface area contributed by atoms with Crippen molar-refractivity contribution in [1.82, 2.24) is 4.98 Å². The van der Waals surface area contributed by atoms with Crippen LogP contribution in [0, 0.1) is 5.82 Å². The van der Waals surface area contributed by atoms with E-state index in [1.165, 1.54) is 24.4 Å². The summed E-state index contributed by atoms with van der Waals surface area (Å²) < 4.78 is 13.6. The van der Waals surface area contributed by atoms with Gasteiger partial charge in [0.05, 0.1) is 11.1 Å². The smallest absolute Gasteiger partial charge is 0.130 e. The second-order valence-electron chi connectivity index (χ2n) is 3.82. The Morgan fingerprint density at radius 1 is 1.22 bits per heavy atom. The van der Waals surface area contributed by atoms with Crippen LogP contribution in [0.4, 0.5) is 4.39 Å². The third kappa shape index (κ3) is 2.80. The third-order valence-corrected chi connectivity index (χ3v) is 3.27. The molecule has 0 aliphatic rings. The van der Waals surface area contributed by atoms with Crippen LogP contribution in [0.2, 0.25) is 10.0 Å². The van der Waals surface area contributed by atoms with Gasteiger partial charge >= 0.3 is 0 Å². The number of aromatic nitrogens is 1. The van der Waals surface area contributed by atoms with Crippen LogP contribution in [-0.4, -0.2) is 10.1 Å². The number of aliphatic hydroxyl groups excluding tert-OH is 1. The Kier molecular flexibility index (Phi) is 4.17. The second-order valence-corrected chi connectivity index (χ2v) is 4.64. The van der Waals surface area contributed by atoms with Crippen molar-refractivity contribution in [2.24, 2.45) is 0 Å². The number of rotatable bonds is 3. The van der Waals surface area contributed by atoms with E-state index in [9.17, 15) is 9.50 Å². The highest BCUT2D eigenvalue weighted by molar-refractivity contribution is 6.31. The first-order valence-electron chi connectivity index (χ1n) is 5.30. The minimum atomic E-state index is -1.04. The highest BCUT2D eigenvalue weighted by atomic mass is 35.5. The largest absolute Gasteiger partial charge is 0.388 e. The fourth-order valence-electron chi connectivity index (χ4n) is 1.71. The monoisotopic (exact) mass is 285 g/mol. The van der Waals surface area contributed by atoms with E-state index in [0.29, 0.717) is 10.6 Å². The lowest BCUT2D eigenvalue weighted by Gasteiger charge is -2.14. The lowest BCUT2D eigenvalue weighted by Crippen LogP contribution is -2.05. The molecule has 1 aromatic carbocycles. The molecule has 2 nitrogen and oxygen atoms in total. The van der Waals surface area contributed by atoms with Crippen molar-refractivity contribution in [3.8, 4) is 0 Å². The summed E-state index contributed by atoms with van der Waals surface area (Å²) in [7, 11) is 0. The summed E-state index contributed by atoms with van der Waals surface area (Å²) >= 11 is 11.8. The number of benzene rings is 1. The lowest BCUT2D eigenvalue weighted by molar-refractivity contribution is 0.174. The molecule has 18 heavy (non-hydrogen) atoms. The minimum Gasteiger partial charge on any atom is -0.388 e. The fraction of sp³-hybridized carbons (Fsp3) is 0.154. The number of halogens is 3. The van der Waals surface area contributed by atoms with Crippen LogP contribution in [0.3, 0.4) is 0 Å². The summed E-state index contributed by atoms with van der Waals surface area (Å²) in [6.45, 7) is 0. The molecule has 2 rings (SSSR count). The molecule has 1 heterocycles. The van der Waals surface area contributed by atoms with Gasteiger partial charge in [0.2, 0.25) is 0 Å². The summed E-state index contributed by atoms with van der Waals surface area (Å²) in [5.74, 6) is -0.528. The zero-order valence-corrected chi connectivity index (χ0v) is 10.8. The van der Waals surface area contributed by atoms with Gasteiger partial charge in [0.25, 0.3) is 0 Å². The van der Waals surface area contributed by atoms with Gasteiger partial charge in [-0.25, -0.2) is 4.39 Å². The summed E-state index contributed by atoms with van der Waals surface area (Å²) in [5.41, 5.74) is 0.783. The van der Waals surface area contributed by atoms with Gasteiger partial charge in [-0.3, -0.25) is 4.98 Å². The van der Waals surface area contributed by atoms with Crippen LogP contribution >= 0.6 is 23.2 Å². The second kappa shape index (κ2) is 5.65. The number of aliphatic hydroxyl groups is 1. The molecule has 0 aliphatic carbocycles. The minimum absolute atomic E-state index is 0.0899. The Bertz CT molecular complexity index is 542. The highest BCUT2D eigenvalue weighted by Gasteiger charge is 2.17. The molecule has 0 amide bonds. The Morgan fingerprint density at radius 2 is 2.00 bits per heavy atom. The van der Waals surface area contributed by atoms with E-state index >= 15 is 0 Å². The molecule has 94 valence electrons. The SMILES string of the molecule is OC(Cc1ccncc1Cl)c1c(F)cccc1Cl. The van der Waals surface area contributed by atoms with E-state index in [1.807, 2.05) is 0 Å².